The van der Waals surface area contributed by atoms with Crippen molar-refractivity contribution >= 4 is 16.4 Å². The van der Waals surface area contributed by atoms with Gasteiger partial charge in [-0.05, 0) is 12.8 Å². The molecular weight excluding hydrogens is 147 g/mol. The van der Waals surface area contributed by atoms with Gasteiger partial charge in [0.25, 0.3) is 0 Å². The van der Waals surface area contributed by atoms with Crippen LogP contribution in [-0.4, -0.2) is 29.6 Å². The minimum atomic E-state index is 0. The van der Waals surface area contributed by atoms with Gasteiger partial charge >= 0.3 is 29.6 Å². The Morgan fingerprint density at radius 2 is 1.36 bits per heavy atom. The van der Waals surface area contributed by atoms with E-state index in [9.17, 15) is 0 Å². The van der Waals surface area contributed by atoms with Gasteiger partial charge in [0.05, 0.1) is 0 Å². The molecule has 61 valence electrons. The largest absolute Gasteiger partial charge is 1.00 e. The predicted molar refractivity (Wildman–Crippen MR) is 50.3 cm³/mol. The molecule has 1 rings (SSSR count). The van der Waals surface area contributed by atoms with E-state index in [0.717, 1.165) is 13.2 Å². The van der Waals surface area contributed by atoms with E-state index in [-0.39, 0.29) is 54.3 Å². The van der Waals surface area contributed by atoms with Crippen molar-refractivity contribution in [1.29, 1.82) is 0 Å². The molecule has 1 heterocycles. The molecule has 5 radical (unpaired) electrons. The van der Waals surface area contributed by atoms with Crippen LogP contribution in [0.15, 0.2) is 0 Å². The van der Waals surface area contributed by atoms with Crippen molar-refractivity contribution in [3.8, 4) is 0 Å². The number of nitrogens with two attached hydrogens (primary N) is 1. The van der Waals surface area contributed by atoms with Crippen LogP contribution in [-0.2, 0) is 4.74 Å². The van der Waals surface area contributed by atoms with Crippen molar-refractivity contribution in [2.75, 3.05) is 13.2 Å². The zero-order valence-electron chi connectivity index (χ0n) is 6.97. The van der Waals surface area contributed by atoms with Gasteiger partial charge in [-0.25, -0.2) is 0 Å². The third-order valence-electron chi connectivity index (χ3n) is 0.827. The van der Waals surface area contributed by atoms with Crippen LogP contribution in [0.5, 0.6) is 0 Å². The van der Waals surface area contributed by atoms with Gasteiger partial charge in [-0.1, -0.05) is 14.9 Å². The van der Waals surface area contributed by atoms with Gasteiger partial charge in [-0.3, -0.25) is 0 Å². The minimum Gasteiger partial charge on any atom is -1.00 e. The predicted octanol–water partition coefficient (Wildman–Crippen LogP) is -2.17. The Balaban J connectivity index is -0.0000000122. The Hall–Kier alpha value is 1.05. The summed E-state index contributed by atoms with van der Waals surface area (Å²) in [7, 11) is 4.00. The summed E-state index contributed by atoms with van der Waals surface area (Å²) < 4.78 is 4.94. The van der Waals surface area contributed by atoms with Gasteiger partial charge < -0.3 is 11.8 Å². The standard InChI is InChI=1S/C4H8O.2CH4.BH2N.B.Na.H/c1-2-4-5-3-1;;;1-2;;;/h1-4H2;2*1H4;2H2;;;/q;;;;;+1;-1. The Kier molecular flexibility index (Phi) is 82.1. The maximum Gasteiger partial charge on any atom is 1.00 e. The molecule has 0 aliphatic carbocycles. The van der Waals surface area contributed by atoms with E-state index < -0.39 is 0 Å². The number of ether oxygens (including phenoxy) is 1. The maximum absolute atomic E-state index is 4.94. The first-order chi connectivity index (χ1) is 3.50. The Morgan fingerprint density at radius 1 is 1.09 bits per heavy atom. The first kappa shape index (κ1) is 29.6. The molecule has 0 atom stereocenters. The van der Waals surface area contributed by atoms with Gasteiger partial charge in [0.1, 0.15) is 0 Å². The summed E-state index contributed by atoms with van der Waals surface area (Å²) in [5, 5.41) is 0. The van der Waals surface area contributed by atoms with Crippen molar-refractivity contribution in [3.05, 3.63) is 0 Å². The van der Waals surface area contributed by atoms with Crippen molar-refractivity contribution in [3.63, 3.8) is 0 Å². The van der Waals surface area contributed by atoms with E-state index >= 15 is 0 Å². The number of rotatable bonds is 0. The molecule has 2 nitrogen and oxygen atoms in total. The van der Waals surface area contributed by atoms with E-state index in [1.165, 1.54) is 12.8 Å². The van der Waals surface area contributed by atoms with E-state index in [1.54, 1.807) is 0 Å². The van der Waals surface area contributed by atoms with Crippen molar-refractivity contribution in [1.82, 2.24) is 0 Å². The summed E-state index contributed by atoms with van der Waals surface area (Å²) in [5.41, 5.74) is 4.00. The van der Waals surface area contributed by atoms with E-state index in [4.69, 9.17) is 4.74 Å². The second-order valence-electron chi connectivity index (χ2n) is 1.32. The molecule has 0 bridgehead atoms. The molecule has 0 aromatic heterocycles. The fourth-order valence-corrected chi connectivity index (χ4v) is 0.510. The second-order valence-corrected chi connectivity index (χ2v) is 1.32. The number of hydrogen-bond donors (Lipinski definition) is 1. The van der Waals surface area contributed by atoms with Gasteiger partial charge in [0, 0.05) is 21.6 Å². The minimum absolute atomic E-state index is 0. The smallest absolute Gasteiger partial charge is 1.00 e. The first-order valence-electron chi connectivity index (χ1n) is 2.41. The molecule has 1 aliphatic rings. The van der Waals surface area contributed by atoms with Crippen LogP contribution < -0.4 is 35.2 Å². The Morgan fingerprint density at radius 3 is 1.45 bits per heavy atom. The molecule has 0 aromatic carbocycles. The molecule has 0 saturated carbocycles. The van der Waals surface area contributed by atoms with E-state index in [1.807, 2.05) is 0 Å². The number of hydrogen-bond acceptors (Lipinski definition) is 2. The first-order valence-corrected chi connectivity index (χ1v) is 2.41. The summed E-state index contributed by atoms with van der Waals surface area (Å²) in [6.07, 6.45) is 2.56. The van der Waals surface area contributed by atoms with E-state index in [0.29, 0.717) is 0 Å². The van der Waals surface area contributed by atoms with Crippen molar-refractivity contribution in [2.45, 2.75) is 27.7 Å². The summed E-state index contributed by atoms with van der Waals surface area (Å²) in [6.45, 7) is 2.00. The average Bonchev–Trinajstić information content (AvgIpc) is 2.23. The molecule has 0 amide bonds. The summed E-state index contributed by atoms with van der Waals surface area (Å²) in [6, 6.07) is 0. The van der Waals surface area contributed by atoms with Crippen molar-refractivity contribution < 1.29 is 35.7 Å². The quantitative estimate of drug-likeness (QED) is 0.415. The van der Waals surface area contributed by atoms with Gasteiger partial charge in [-0.2, -0.15) is 0 Å². The third kappa shape index (κ3) is 24.7. The topological polar surface area (TPSA) is 35.2 Å². The van der Waals surface area contributed by atoms with Gasteiger partial charge in [0.15, 0.2) is 7.98 Å². The normalized spacial score (nSPS) is 11.4. The zero-order valence-corrected chi connectivity index (χ0v) is 7.97. The molecule has 0 unspecified atom stereocenters. The SMILES string of the molecule is C.C.C1CCOC1.[B].[B]N.[H-].[Na+]. The summed E-state index contributed by atoms with van der Waals surface area (Å²) in [5.74, 6) is 0. The zero-order chi connectivity index (χ0) is 5.54. The monoisotopic (exact) mass is 166 g/mol. The Labute approximate surface area is 98.4 Å². The average molecular weight is 166 g/mol. The molecule has 0 spiro atoms. The molecule has 0 aromatic rings. The molecule has 1 aliphatic heterocycles. The second kappa shape index (κ2) is 30.5. The third-order valence-corrected chi connectivity index (χ3v) is 0.827. The van der Waals surface area contributed by atoms with Gasteiger partial charge in [-0.15, -0.1) is 0 Å². The fourth-order valence-electron chi connectivity index (χ4n) is 0.510. The van der Waals surface area contributed by atoms with Crippen LogP contribution in [0.4, 0.5) is 0 Å². The molecular formula is C6H19B2NNaO. The van der Waals surface area contributed by atoms with Crippen molar-refractivity contribution in [2.24, 2.45) is 5.64 Å². The molecule has 5 heteroatoms. The van der Waals surface area contributed by atoms with Crippen LogP contribution >= 0.6 is 0 Å². The van der Waals surface area contributed by atoms with Crippen LogP contribution in [0.1, 0.15) is 29.1 Å². The summed E-state index contributed by atoms with van der Waals surface area (Å²) >= 11 is 0. The van der Waals surface area contributed by atoms with Crippen LogP contribution in [0, 0.1) is 0 Å². The molecule has 2 N–H and O–H groups in total. The molecule has 11 heavy (non-hydrogen) atoms. The maximum atomic E-state index is 4.94. The molecule has 1 saturated heterocycles. The summed E-state index contributed by atoms with van der Waals surface area (Å²) in [4.78, 5) is 0. The van der Waals surface area contributed by atoms with E-state index in [2.05, 4.69) is 13.6 Å². The van der Waals surface area contributed by atoms with Crippen LogP contribution in [0.25, 0.3) is 0 Å². The van der Waals surface area contributed by atoms with Crippen LogP contribution in [0.2, 0.25) is 0 Å². The van der Waals surface area contributed by atoms with Gasteiger partial charge in [0.2, 0.25) is 0 Å². The fraction of sp³-hybridized carbons (Fsp3) is 1.00. The molecule has 1 fully saturated rings. The Bertz CT molecular complexity index is 37.1. The van der Waals surface area contributed by atoms with Crippen LogP contribution in [0.3, 0.4) is 0 Å².